The number of ether oxygens (including phenoxy) is 1. The Morgan fingerprint density at radius 2 is 1.79 bits per heavy atom. The molecule has 14 heavy (non-hydrogen) atoms. The molecular formula is C12H20O2. The highest BCUT2D eigenvalue weighted by Crippen LogP contribution is 2.46. The van der Waals surface area contributed by atoms with Gasteiger partial charge in [-0.1, -0.05) is 26.7 Å². The van der Waals surface area contributed by atoms with Crippen molar-refractivity contribution in [1.82, 2.24) is 0 Å². The molecule has 0 aromatic carbocycles. The van der Waals surface area contributed by atoms with Crippen molar-refractivity contribution in [2.45, 2.75) is 46.5 Å². The van der Waals surface area contributed by atoms with E-state index in [1.54, 1.807) is 6.08 Å². The van der Waals surface area contributed by atoms with Crippen LogP contribution in [0.5, 0.6) is 0 Å². The van der Waals surface area contributed by atoms with Gasteiger partial charge in [0, 0.05) is 6.08 Å². The van der Waals surface area contributed by atoms with Crippen LogP contribution in [0.1, 0.15) is 46.5 Å². The fraction of sp³-hybridized carbons (Fsp3) is 0.750. The van der Waals surface area contributed by atoms with Crippen molar-refractivity contribution in [2.24, 2.45) is 5.41 Å². The van der Waals surface area contributed by atoms with E-state index in [0.29, 0.717) is 6.61 Å². The molecule has 0 N–H and O–H groups in total. The van der Waals surface area contributed by atoms with Crippen LogP contribution in [0.4, 0.5) is 0 Å². The first kappa shape index (κ1) is 11.3. The van der Waals surface area contributed by atoms with E-state index in [9.17, 15) is 4.79 Å². The first-order valence-electron chi connectivity index (χ1n) is 5.60. The van der Waals surface area contributed by atoms with Gasteiger partial charge in [-0.15, -0.1) is 0 Å². The minimum absolute atomic E-state index is 0.250. The smallest absolute Gasteiger partial charge is 0.172 e. The minimum Gasteiger partial charge on any atom is -0.497 e. The lowest BCUT2D eigenvalue weighted by Crippen LogP contribution is -2.41. The molecule has 0 aromatic rings. The van der Waals surface area contributed by atoms with Crippen molar-refractivity contribution in [3.8, 4) is 0 Å². The lowest BCUT2D eigenvalue weighted by atomic mass is 9.67. The Hall–Kier alpha value is -0.790. The van der Waals surface area contributed by atoms with Crippen molar-refractivity contribution in [1.29, 1.82) is 0 Å². The molecule has 0 bridgehead atoms. The molecule has 1 aliphatic rings. The summed E-state index contributed by atoms with van der Waals surface area (Å²) in [6.07, 6.45) is 5.61. The summed E-state index contributed by atoms with van der Waals surface area (Å²) >= 11 is 0. The van der Waals surface area contributed by atoms with E-state index in [0.717, 1.165) is 31.4 Å². The molecule has 0 fully saturated rings. The number of rotatable bonds is 6. The van der Waals surface area contributed by atoms with Gasteiger partial charge in [-0.25, -0.2) is 0 Å². The van der Waals surface area contributed by atoms with Gasteiger partial charge in [-0.05, 0) is 19.8 Å². The van der Waals surface area contributed by atoms with Crippen LogP contribution in [0.25, 0.3) is 0 Å². The van der Waals surface area contributed by atoms with Crippen molar-refractivity contribution >= 4 is 5.78 Å². The predicted molar refractivity (Wildman–Crippen MR) is 57.0 cm³/mol. The summed E-state index contributed by atoms with van der Waals surface area (Å²) in [5.74, 6) is 1.19. The Morgan fingerprint density at radius 1 is 1.21 bits per heavy atom. The molecule has 2 heteroatoms. The third-order valence-electron chi connectivity index (χ3n) is 2.86. The van der Waals surface area contributed by atoms with E-state index in [1.807, 2.05) is 6.92 Å². The average Bonchev–Trinajstić information content (AvgIpc) is 2.17. The standard InChI is InChI=1S/C12H20O2/c1-4-7-12(8-5-2)10(13)9-11(12)14-6-3/h9H,4-8H2,1-3H3. The zero-order chi connectivity index (χ0) is 10.6. The van der Waals surface area contributed by atoms with Gasteiger partial charge in [0.2, 0.25) is 0 Å². The van der Waals surface area contributed by atoms with E-state index >= 15 is 0 Å². The van der Waals surface area contributed by atoms with Gasteiger partial charge in [0.1, 0.15) is 5.76 Å². The molecule has 0 aromatic heterocycles. The quantitative estimate of drug-likeness (QED) is 0.652. The van der Waals surface area contributed by atoms with Crippen LogP contribution in [-0.2, 0) is 9.53 Å². The Balaban J connectivity index is 2.76. The highest BCUT2D eigenvalue weighted by molar-refractivity contribution is 6.04. The average molecular weight is 196 g/mol. The lowest BCUT2D eigenvalue weighted by molar-refractivity contribution is -0.129. The number of carbonyl (C=O) groups excluding carboxylic acids is 1. The van der Waals surface area contributed by atoms with Crippen LogP contribution in [-0.4, -0.2) is 12.4 Å². The van der Waals surface area contributed by atoms with Crippen LogP contribution in [0.15, 0.2) is 11.8 Å². The van der Waals surface area contributed by atoms with Crippen LogP contribution in [0.3, 0.4) is 0 Å². The summed E-state index contributed by atoms with van der Waals surface area (Å²) in [5, 5.41) is 0. The van der Waals surface area contributed by atoms with Gasteiger partial charge in [-0.2, -0.15) is 0 Å². The van der Waals surface area contributed by atoms with Crippen LogP contribution < -0.4 is 0 Å². The maximum atomic E-state index is 11.7. The van der Waals surface area contributed by atoms with Gasteiger partial charge in [0.15, 0.2) is 5.78 Å². The van der Waals surface area contributed by atoms with Crippen LogP contribution in [0.2, 0.25) is 0 Å². The Bertz CT molecular complexity index is 235. The van der Waals surface area contributed by atoms with E-state index in [4.69, 9.17) is 4.74 Å². The monoisotopic (exact) mass is 196 g/mol. The second-order valence-corrected chi connectivity index (χ2v) is 3.89. The van der Waals surface area contributed by atoms with Gasteiger partial charge < -0.3 is 4.74 Å². The molecule has 1 rings (SSSR count). The lowest BCUT2D eigenvalue weighted by Gasteiger charge is -2.39. The normalized spacial score (nSPS) is 18.8. The molecule has 0 amide bonds. The Labute approximate surface area is 86.3 Å². The maximum absolute atomic E-state index is 11.7. The SMILES string of the molecule is CCCC1(CCC)C(=O)C=C1OCC. The second-order valence-electron chi connectivity index (χ2n) is 3.89. The summed E-state index contributed by atoms with van der Waals surface area (Å²) in [7, 11) is 0. The van der Waals surface area contributed by atoms with Crippen molar-refractivity contribution in [3.63, 3.8) is 0 Å². The number of hydrogen-bond acceptors (Lipinski definition) is 2. The van der Waals surface area contributed by atoms with Crippen molar-refractivity contribution in [3.05, 3.63) is 11.8 Å². The highest BCUT2D eigenvalue weighted by atomic mass is 16.5. The molecule has 2 nitrogen and oxygen atoms in total. The van der Waals surface area contributed by atoms with Crippen LogP contribution >= 0.6 is 0 Å². The largest absolute Gasteiger partial charge is 0.497 e. The molecule has 80 valence electrons. The van der Waals surface area contributed by atoms with Gasteiger partial charge in [0.25, 0.3) is 0 Å². The van der Waals surface area contributed by atoms with Crippen molar-refractivity contribution in [2.75, 3.05) is 6.61 Å². The first-order valence-corrected chi connectivity index (χ1v) is 5.60. The summed E-state index contributed by atoms with van der Waals surface area (Å²) in [4.78, 5) is 11.7. The van der Waals surface area contributed by atoms with E-state index < -0.39 is 0 Å². The summed E-state index contributed by atoms with van der Waals surface area (Å²) < 4.78 is 5.51. The molecular weight excluding hydrogens is 176 g/mol. The molecule has 0 aliphatic heterocycles. The number of carbonyl (C=O) groups is 1. The molecule has 0 saturated heterocycles. The topological polar surface area (TPSA) is 26.3 Å². The summed E-state index contributed by atoms with van der Waals surface area (Å²) in [6.45, 7) is 6.86. The second kappa shape index (κ2) is 4.63. The van der Waals surface area contributed by atoms with E-state index in [2.05, 4.69) is 13.8 Å². The minimum atomic E-state index is -0.250. The van der Waals surface area contributed by atoms with E-state index in [-0.39, 0.29) is 11.2 Å². The molecule has 0 unspecified atom stereocenters. The molecule has 0 radical (unpaired) electrons. The molecule has 0 atom stereocenters. The third-order valence-corrected chi connectivity index (χ3v) is 2.86. The fourth-order valence-electron chi connectivity index (χ4n) is 2.25. The first-order chi connectivity index (χ1) is 6.71. The summed E-state index contributed by atoms with van der Waals surface area (Å²) in [5.41, 5.74) is -0.250. The van der Waals surface area contributed by atoms with Gasteiger partial charge in [-0.3, -0.25) is 4.79 Å². The predicted octanol–water partition coefficient (Wildman–Crippen LogP) is 3.08. The van der Waals surface area contributed by atoms with Crippen molar-refractivity contribution < 1.29 is 9.53 Å². The Morgan fingerprint density at radius 3 is 2.14 bits per heavy atom. The molecule has 0 saturated carbocycles. The number of allylic oxidation sites excluding steroid dienone is 2. The zero-order valence-corrected chi connectivity index (χ0v) is 9.43. The van der Waals surface area contributed by atoms with Gasteiger partial charge in [0.05, 0.1) is 12.0 Å². The highest BCUT2D eigenvalue weighted by Gasteiger charge is 2.47. The Kier molecular flexibility index (Phi) is 3.73. The zero-order valence-electron chi connectivity index (χ0n) is 9.43. The fourth-order valence-corrected chi connectivity index (χ4v) is 2.25. The van der Waals surface area contributed by atoms with Gasteiger partial charge >= 0.3 is 0 Å². The third kappa shape index (κ3) is 1.70. The molecule has 0 heterocycles. The molecule has 1 aliphatic carbocycles. The van der Waals surface area contributed by atoms with Crippen LogP contribution in [0, 0.1) is 5.41 Å². The maximum Gasteiger partial charge on any atom is 0.172 e. The number of hydrogen-bond donors (Lipinski definition) is 0. The van der Waals surface area contributed by atoms with E-state index in [1.165, 1.54) is 0 Å². The summed E-state index contributed by atoms with van der Waals surface area (Å²) in [6, 6.07) is 0. The molecule has 0 spiro atoms. The number of ketones is 1.